The average Bonchev–Trinajstić information content (AvgIpc) is 3.04. The number of furan rings is 1. The first-order chi connectivity index (χ1) is 11.5. The molecule has 0 saturated carbocycles. The van der Waals surface area contributed by atoms with E-state index in [1.54, 1.807) is 24.3 Å². The van der Waals surface area contributed by atoms with Gasteiger partial charge in [-0.25, -0.2) is 0 Å². The van der Waals surface area contributed by atoms with E-state index in [0.717, 1.165) is 29.2 Å². The smallest absolute Gasteiger partial charge is 0.228 e. The molecule has 3 nitrogen and oxygen atoms in total. The van der Waals surface area contributed by atoms with Gasteiger partial charge in [-0.3, -0.25) is 9.59 Å². The standard InChI is InChI=1S/C21H20O3/c1-4-14(3)18-10-15(12-22)9-17-11-19(24-21(17)18)20(23)16-7-5-13(2)6-8-16/h5-12,14H,4H2,1-3H3. The minimum atomic E-state index is -0.144. The zero-order valence-electron chi connectivity index (χ0n) is 14.1. The summed E-state index contributed by atoms with van der Waals surface area (Å²) in [7, 11) is 0. The van der Waals surface area contributed by atoms with Gasteiger partial charge in [0, 0.05) is 16.5 Å². The minimum absolute atomic E-state index is 0.144. The van der Waals surface area contributed by atoms with Crippen molar-refractivity contribution in [3.8, 4) is 0 Å². The Labute approximate surface area is 141 Å². The normalized spacial score (nSPS) is 12.3. The molecule has 0 N–H and O–H groups in total. The lowest BCUT2D eigenvalue weighted by Crippen LogP contribution is -1.99. The molecule has 2 aromatic carbocycles. The molecule has 1 aromatic heterocycles. The van der Waals surface area contributed by atoms with Crippen LogP contribution in [-0.4, -0.2) is 12.1 Å². The zero-order valence-corrected chi connectivity index (χ0v) is 14.1. The van der Waals surface area contributed by atoms with Crippen LogP contribution >= 0.6 is 0 Å². The Morgan fingerprint density at radius 2 is 1.88 bits per heavy atom. The van der Waals surface area contributed by atoms with Gasteiger partial charge in [0.15, 0.2) is 5.76 Å². The molecule has 0 aliphatic heterocycles. The maximum atomic E-state index is 12.7. The number of aldehydes is 1. The summed E-state index contributed by atoms with van der Waals surface area (Å²) in [5.41, 5.74) is 3.98. The Bertz CT molecular complexity index is 901. The van der Waals surface area contributed by atoms with Crippen LogP contribution in [0.2, 0.25) is 0 Å². The van der Waals surface area contributed by atoms with Crippen molar-refractivity contribution in [2.45, 2.75) is 33.1 Å². The fraction of sp³-hybridized carbons (Fsp3) is 0.238. The van der Waals surface area contributed by atoms with Gasteiger partial charge in [-0.1, -0.05) is 43.7 Å². The lowest BCUT2D eigenvalue weighted by Gasteiger charge is -2.10. The van der Waals surface area contributed by atoms with E-state index in [0.29, 0.717) is 22.5 Å². The van der Waals surface area contributed by atoms with Crippen LogP contribution in [-0.2, 0) is 0 Å². The van der Waals surface area contributed by atoms with Crippen molar-refractivity contribution in [3.05, 3.63) is 70.5 Å². The molecule has 3 rings (SSSR count). The van der Waals surface area contributed by atoms with E-state index in [1.165, 1.54) is 0 Å². The number of hydrogen-bond acceptors (Lipinski definition) is 3. The third-order valence-corrected chi connectivity index (χ3v) is 4.48. The lowest BCUT2D eigenvalue weighted by molar-refractivity contribution is 0.101. The van der Waals surface area contributed by atoms with Crippen molar-refractivity contribution in [1.29, 1.82) is 0 Å². The quantitative estimate of drug-likeness (QED) is 0.473. The number of fused-ring (bicyclic) bond motifs is 1. The predicted molar refractivity (Wildman–Crippen MR) is 94.9 cm³/mol. The molecule has 0 saturated heterocycles. The topological polar surface area (TPSA) is 47.3 Å². The first-order valence-electron chi connectivity index (χ1n) is 8.17. The van der Waals surface area contributed by atoms with Gasteiger partial charge in [0.05, 0.1) is 0 Å². The molecular formula is C21H20O3. The number of carbonyl (C=O) groups excluding carboxylic acids is 2. The SMILES string of the molecule is CCC(C)c1cc(C=O)cc2cc(C(=O)c3ccc(C)cc3)oc12. The maximum absolute atomic E-state index is 12.7. The van der Waals surface area contributed by atoms with Crippen LogP contribution in [0.5, 0.6) is 0 Å². The van der Waals surface area contributed by atoms with Crippen LogP contribution in [0.4, 0.5) is 0 Å². The van der Waals surface area contributed by atoms with E-state index < -0.39 is 0 Å². The summed E-state index contributed by atoms with van der Waals surface area (Å²) in [6, 6.07) is 12.8. The maximum Gasteiger partial charge on any atom is 0.228 e. The molecule has 1 unspecified atom stereocenters. The molecule has 0 aliphatic carbocycles. The summed E-state index contributed by atoms with van der Waals surface area (Å²) < 4.78 is 5.90. The monoisotopic (exact) mass is 320 g/mol. The van der Waals surface area contributed by atoms with Gasteiger partial charge in [0.2, 0.25) is 5.78 Å². The Balaban J connectivity index is 2.12. The molecular weight excluding hydrogens is 300 g/mol. The van der Waals surface area contributed by atoms with Gasteiger partial charge in [-0.15, -0.1) is 0 Å². The minimum Gasteiger partial charge on any atom is -0.452 e. The molecule has 0 amide bonds. The first-order valence-corrected chi connectivity index (χ1v) is 8.17. The largest absolute Gasteiger partial charge is 0.452 e. The zero-order chi connectivity index (χ0) is 17.3. The van der Waals surface area contributed by atoms with Crippen molar-refractivity contribution in [2.24, 2.45) is 0 Å². The van der Waals surface area contributed by atoms with E-state index >= 15 is 0 Å². The van der Waals surface area contributed by atoms with Crippen LogP contribution in [0.25, 0.3) is 11.0 Å². The summed E-state index contributed by atoms with van der Waals surface area (Å²) in [6.45, 7) is 6.16. The molecule has 0 radical (unpaired) electrons. The highest BCUT2D eigenvalue weighted by Crippen LogP contribution is 2.32. The second kappa shape index (κ2) is 6.44. The van der Waals surface area contributed by atoms with Gasteiger partial charge in [-0.05, 0) is 43.0 Å². The fourth-order valence-corrected chi connectivity index (χ4v) is 2.82. The number of aryl methyl sites for hydroxylation is 1. The highest BCUT2D eigenvalue weighted by atomic mass is 16.3. The Morgan fingerprint density at radius 3 is 2.50 bits per heavy atom. The number of benzene rings is 2. The van der Waals surface area contributed by atoms with Crippen LogP contribution in [0.3, 0.4) is 0 Å². The molecule has 0 spiro atoms. The number of hydrogen-bond donors (Lipinski definition) is 0. The van der Waals surface area contributed by atoms with Crippen LogP contribution < -0.4 is 0 Å². The third kappa shape index (κ3) is 2.90. The van der Waals surface area contributed by atoms with E-state index in [-0.39, 0.29) is 11.7 Å². The van der Waals surface area contributed by atoms with Gasteiger partial charge >= 0.3 is 0 Å². The number of carbonyl (C=O) groups is 2. The molecule has 24 heavy (non-hydrogen) atoms. The van der Waals surface area contributed by atoms with Gasteiger partial charge < -0.3 is 4.42 Å². The Morgan fingerprint density at radius 1 is 1.17 bits per heavy atom. The summed E-state index contributed by atoms with van der Waals surface area (Å²) >= 11 is 0. The van der Waals surface area contributed by atoms with Crippen LogP contribution in [0.15, 0.2) is 46.9 Å². The Hall–Kier alpha value is -2.68. The summed E-state index contributed by atoms with van der Waals surface area (Å²) in [4.78, 5) is 23.9. The fourth-order valence-electron chi connectivity index (χ4n) is 2.82. The molecule has 3 heteroatoms. The number of rotatable bonds is 5. The molecule has 122 valence electrons. The third-order valence-electron chi connectivity index (χ3n) is 4.48. The summed E-state index contributed by atoms with van der Waals surface area (Å²) in [6.07, 6.45) is 1.76. The van der Waals surface area contributed by atoms with Crippen molar-refractivity contribution in [1.82, 2.24) is 0 Å². The summed E-state index contributed by atoms with van der Waals surface area (Å²) in [5, 5.41) is 0.797. The van der Waals surface area contributed by atoms with Gasteiger partial charge in [0.25, 0.3) is 0 Å². The van der Waals surface area contributed by atoms with Crippen LogP contribution in [0, 0.1) is 6.92 Å². The van der Waals surface area contributed by atoms with E-state index in [2.05, 4.69) is 13.8 Å². The van der Waals surface area contributed by atoms with E-state index in [1.807, 2.05) is 25.1 Å². The molecule has 1 heterocycles. The highest BCUT2D eigenvalue weighted by Gasteiger charge is 2.19. The molecule has 1 atom stereocenters. The average molecular weight is 320 g/mol. The van der Waals surface area contributed by atoms with E-state index in [9.17, 15) is 9.59 Å². The van der Waals surface area contributed by atoms with Crippen molar-refractivity contribution in [3.63, 3.8) is 0 Å². The van der Waals surface area contributed by atoms with Gasteiger partial charge in [0.1, 0.15) is 11.9 Å². The molecule has 0 bridgehead atoms. The molecule has 3 aromatic rings. The second-order valence-electron chi connectivity index (χ2n) is 6.26. The predicted octanol–water partition coefficient (Wildman–Crippen LogP) is 5.30. The van der Waals surface area contributed by atoms with Crippen LogP contribution in [0.1, 0.15) is 63.8 Å². The lowest BCUT2D eigenvalue weighted by atomic mass is 9.95. The molecule has 0 aliphatic rings. The summed E-state index contributed by atoms with van der Waals surface area (Å²) in [5.74, 6) is 0.413. The first kappa shape index (κ1) is 16.2. The van der Waals surface area contributed by atoms with Crippen molar-refractivity contribution < 1.29 is 14.0 Å². The Kier molecular flexibility index (Phi) is 4.34. The number of ketones is 1. The van der Waals surface area contributed by atoms with Gasteiger partial charge in [-0.2, -0.15) is 0 Å². The second-order valence-corrected chi connectivity index (χ2v) is 6.26. The van der Waals surface area contributed by atoms with Crippen molar-refractivity contribution >= 4 is 23.0 Å². The van der Waals surface area contributed by atoms with Crippen molar-refractivity contribution in [2.75, 3.05) is 0 Å². The highest BCUT2D eigenvalue weighted by molar-refractivity contribution is 6.09. The molecule has 0 fully saturated rings. The van der Waals surface area contributed by atoms with E-state index in [4.69, 9.17) is 4.42 Å².